The average Bonchev–Trinajstić information content (AvgIpc) is 3.30. The van der Waals surface area contributed by atoms with Gasteiger partial charge in [-0.05, 0) is 65.9 Å². The van der Waals surface area contributed by atoms with Gasteiger partial charge in [0.25, 0.3) is 0 Å². The fourth-order valence-electron chi connectivity index (χ4n) is 4.54. The van der Waals surface area contributed by atoms with Crippen LogP contribution in [0, 0.1) is 5.82 Å². The van der Waals surface area contributed by atoms with E-state index in [4.69, 9.17) is 17.3 Å². The van der Waals surface area contributed by atoms with Gasteiger partial charge >= 0.3 is 0 Å². The van der Waals surface area contributed by atoms with Gasteiger partial charge in [-0.25, -0.2) is 9.37 Å². The van der Waals surface area contributed by atoms with Crippen LogP contribution in [0.2, 0.25) is 5.02 Å². The van der Waals surface area contributed by atoms with Crippen LogP contribution in [0.3, 0.4) is 0 Å². The summed E-state index contributed by atoms with van der Waals surface area (Å²) in [5.41, 5.74) is 11.1. The van der Waals surface area contributed by atoms with E-state index in [-0.39, 0.29) is 11.1 Å². The second kappa shape index (κ2) is 9.68. The number of aryl methyl sites for hydroxylation is 1. The Kier molecular flexibility index (Phi) is 6.45. The molecule has 8 heteroatoms. The van der Waals surface area contributed by atoms with Crippen LogP contribution in [-0.4, -0.2) is 34.2 Å². The third-order valence-electron chi connectivity index (χ3n) is 6.38. The molecule has 35 heavy (non-hydrogen) atoms. The summed E-state index contributed by atoms with van der Waals surface area (Å²) in [6, 6.07) is 12.8. The van der Waals surface area contributed by atoms with E-state index in [1.807, 2.05) is 42.7 Å². The molecule has 1 aliphatic rings. The minimum Gasteiger partial charge on any atom is -0.504 e. The van der Waals surface area contributed by atoms with Crippen LogP contribution in [0.15, 0.2) is 54.9 Å². The number of halogens is 2. The number of hydrogen-bond donors (Lipinski definition) is 3. The molecule has 5 rings (SSSR count). The van der Waals surface area contributed by atoms with Crippen molar-refractivity contribution >= 4 is 39.7 Å². The predicted molar refractivity (Wildman–Crippen MR) is 140 cm³/mol. The van der Waals surface area contributed by atoms with Gasteiger partial charge in [0.2, 0.25) is 0 Å². The molecule has 3 heterocycles. The normalized spacial score (nSPS) is 15.7. The Bertz CT molecular complexity index is 1360. The number of rotatable bonds is 6. The number of nitrogens with one attached hydrogen (secondary N) is 1. The van der Waals surface area contributed by atoms with Gasteiger partial charge in [0, 0.05) is 30.7 Å². The second-order valence-corrected chi connectivity index (χ2v) is 9.36. The molecule has 0 radical (unpaired) electrons. The largest absolute Gasteiger partial charge is 0.504 e. The molecular weight excluding hydrogens is 465 g/mol. The second-order valence-electron chi connectivity index (χ2n) is 8.95. The maximum Gasteiger partial charge on any atom is 0.170 e. The van der Waals surface area contributed by atoms with Crippen molar-refractivity contribution in [1.82, 2.24) is 9.97 Å². The lowest BCUT2D eigenvalue weighted by molar-refractivity contribution is 0.433. The Morgan fingerprint density at radius 2 is 2.00 bits per heavy atom. The Hall–Kier alpha value is -3.42. The van der Waals surface area contributed by atoms with Crippen molar-refractivity contribution in [2.45, 2.75) is 32.2 Å². The fraction of sp³-hybridized carbons (Fsp3) is 0.259. The summed E-state index contributed by atoms with van der Waals surface area (Å²) < 4.78 is 14.2. The standard InChI is InChI=1S/C27H27ClFN5O/c1-2-3-17-13-31-24-6-4-16(18-11-22(28)27(35)23(29)12-18)10-21(24)26(17)33-20-5-7-25(32-14-20)34-9-8-19(30)15-34/h4-7,10-14,19,35H,2-3,8-9,15,30H2,1H3,(H,31,33). The van der Waals surface area contributed by atoms with Crippen molar-refractivity contribution in [2.75, 3.05) is 23.3 Å². The van der Waals surface area contributed by atoms with Crippen molar-refractivity contribution in [3.05, 3.63) is 71.3 Å². The molecule has 2 aromatic carbocycles. The minimum atomic E-state index is -0.756. The van der Waals surface area contributed by atoms with E-state index in [1.54, 1.807) is 6.07 Å². The molecule has 1 aliphatic heterocycles. The van der Waals surface area contributed by atoms with E-state index in [9.17, 15) is 9.50 Å². The van der Waals surface area contributed by atoms with Crippen molar-refractivity contribution in [3.63, 3.8) is 0 Å². The summed E-state index contributed by atoms with van der Waals surface area (Å²) in [6.45, 7) is 3.87. The number of aromatic hydroxyl groups is 1. The first-order valence-corrected chi connectivity index (χ1v) is 12.1. The lowest BCUT2D eigenvalue weighted by atomic mass is 9.99. The molecule has 6 nitrogen and oxygen atoms in total. The zero-order valence-corrected chi connectivity index (χ0v) is 20.2. The first-order chi connectivity index (χ1) is 16.9. The molecule has 0 aliphatic carbocycles. The quantitative estimate of drug-likeness (QED) is 0.305. The number of phenolic OH excluding ortho intramolecular Hbond substituents is 1. The minimum absolute atomic E-state index is 0.0265. The van der Waals surface area contributed by atoms with Gasteiger partial charge in [-0.3, -0.25) is 4.98 Å². The highest BCUT2D eigenvalue weighted by Gasteiger charge is 2.20. The fourth-order valence-corrected chi connectivity index (χ4v) is 4.75. The zero-order valence-electron chi connectivity index (χ0n) is 19.4. The van der Waals surface area contributed by atoms with Crippen LogP contribution < -0.4 is 16.0 Å². The molecule has 1 fully saturated rings. The number of anilines is 3. The van der Waals surface area contributed by atoms with Crippen molar-refractivity contribution in [1.29, 1.82) is 0 Å². The van der Waals surface area contributed by atoms with E-state index in [0.29, 0.717) is 5.56 Å². The Morgan fingerprint density at radius 1 is 1.14 bits per heavy atom. The third kappa shape index (κ3) is 4.74. The highest BCUT2D eigenvalue weighted by molar-refractivity contribution is 6.32. The van der Waals surface area contributed by atoms with E-state index < -0.39 is 11.6 Å². The number of fused-ring (bicyclic) bond motifs is 1. The summed E-state index contributed by atoms with van der Waals surface area (Å²) in [5, 5.41) is 14.1. The van der Waals surface area contributed by atoms with Crippen molar-refractivity contribution in [2.24, 2.45) is 5.73 Å². The highest BCUT2D eigenvalue weighted by Crippen LogP contribution is 2.36. The van der Waals surface area contributed by atoms with E-state index >= 15 is 0 Å². The van der Waals surface area contributed by atoms with Gasteiger partial charge in [0.1, 0.15) is 5.82 Å². The molecule has 2 aromatic heterocycles. The SMILES string of the molecule is CCCc1cnc2ccc(-c3cc(F)c(O)c(Cl)c3)cc2c1Nc1ccc(N2CCC(N)C2)nc1. The number of phenols is 1. The molecule has 1 unspecified atom stereocenters. The topological polar surface area (TPSA) is 87.3 Å². The number of nitrogens with two attached hydrogens (primary N) is 1. The molecule has 1 atom stereocenters. The third-order valence-corrected chi connectivity index (χ3v) is 6.67. The molecule has 0 amide bonds. The van der Waals surface area contributed by atoms with Crippen LogP contribution in [0.5, 0.6) is 5.75 Å². The lowest BCUT2D eigenvalue weighted by Gasteiger charge is -2.18. The highest BCUT2D eigenvalue weighted by atomic mass is 35.5. The molecule has 0 spiro atoms. The van der Waals surface area contributed by atoms with Crippen LogP contribution in [0.4, 0.5) is 21.6 Å². The number of hydrogen-bond acceptors (Lipinski definition) is 6. The van der Waals surface area contributed by atoms with Gasteiger partial charge in [-0.1, -0.05) is 31.0 Å². The van der Waals surface area contributed by atoms with Crippen molar-refractivity contribution < 1.29 is 9.50 Å². The molecule has 180 valence electrons. The lowest BCUT2D eigenvalue weighted by Crippen LogP contribution is -2.26. The Balaban J connectivity index is 1.54. The molecule has 0 saturated carbocycles. The Labute approximate surface area is 208 Å². The smallest absolute Gasteiger partial charge is 0.170 e. The number of nitrogens with zero attached hydrogens (tertiary/aromatic N) is 3. The molecule has 0 bridgehead atoms. The summed E-state index contributed by atoms with van der Waals surface area (Å²) in [6.07, 6.45) is 6.53. The van der Waals surface area contributed by atoms with Crippen LogP contribution in [0.25, 0.3) is 22.0 Å². The van der Waals surface area contributed by atoms with Crippen LogP contribution in [-0.2, 0) is 6.42 Å². The summed E-state index contributed by atoms with van der Waals surface area (Å²) >= 11 is 6.03. The maximum absolute atomic E-state index is 14.2. The van der Waals surface area contributed by atoms with Crippen LogP contribution in [0.1, 0.15) is 25.3 Å². The summed E-state index contributed by atoms with van der Waals surface area (Å²) in [4.78, 5) is 11.5. The molecule has 4 N–H and O–H groups in total. The van der Waals surface area contributed by atoms with Gasteiger partial charge in [0.15, 0.2) is 11.6 Å². The molecular formula is C27H27ClFN5O. The predicted octanol–water partition coefficient (Wildman–Crippen LogP) is 6.03. The number of aromatic nitrogens is 2. The van der Waals surface area contributed by atoms with E-state index in [2.05, 4.69) is 27.1 Å². The van der Waals surface area contributed by atoms with E-state index in [1.165, 1.54) is 6.07 Å². The average molecular weight is 492 g/mol. The van der Waals surface area contributed by atoms with Gasteiger partial charge < -0.3 is 21.1 Å². The van der Waals surface area contributed by atoms with Gasteiger partial charge in [0.05, 0.1) is 28.1 Å². The van der Waals surface area contributed by atoms with Gasteiger partial charge in [-0.2, -0.15) is 0 Å². The zero-order chi connectivity index (χ0) is 24.5. The summed E-state index contributed by atoms with van der Waals surface area (Å²) in [5.74, 6) is -0.378. The maximum atomic E-state index is 14.2. The molecule has 4 aromatic rings. The first kappa shape index (κ1) is 23.3. The van der Waals surface area contributed by atoms with Gasteiger partial charge in [-0.15, -0.1) is 0 Å². The van der Waals surface area contributed by atoms with E-state index in [0.717, 1.165) is 71.6 Å². The first-order valence-electron chi connectivity index (χ1n) is 11.8. The van der Waals surface area contributed by atoms with Crippen LogP contribution >= 0.6 is 11.6 Å². The number of pyridine rings is 2. The number of benzene rings is 2. The monoisotopic (exact) mass is 491 g/mol. The summed E-state index contributed by atoms with van der Waals surface area (Å²) in [7, 11) is 0. The van der Waals surface area contributed by atoms with Crippen molar-refractivity contribution in [3.8, 4) is 16.9 Å². The molecule has 1 saturated heterocycles. The Morgan fingerprint density at radius 3 is 2.69 bits per heavy atom.